The Kier molecular flexibility index (Phi) is 4.48. The second-order valence-electron chi connectivity index (χ2n) is 6.79. The molecule has 0 saturated carbocycles. The second-order valence-corrected chi connectivity index (χ2v) is 6.79. The van der Waals surface area contributed by atoms with Gasteiger partial charge in [0.2, 0.25) is 5.82 Å². The van der Waals surface area contributed by atoms with E-state index in [9.17, 15) is 4.79 Å². The van der Waals surface area contributed by atoms with Gasteiger partial charge in [0.1, 0.15) is 0 Å². The first-order chi connectivity index (χ1) is 12.7. The summed E-state index contributed by atoms with van der Waals surface area (Å²) in [6, 6.07) is 16.1. The van der Waals surface area contributed by atoms with Crippen molar-refractivity contribution in [3.8, 4) is 11.4 Å². The Hall–Kier alpha value is -3.02. The highest BCUT2D eigenvalue weighted by molar-refractivity contribution is 6.00. The molecule has 1 aliphatic heterocycles. The molecule has 1 aliphatic rings. The SMILES string of the molecule is Cc1cccc([C@@H]2CCCN(C(=O)c3ccccc3-c3nn[nH]n3)C2)c1. The van der Waals surface area contributed by atoms with Crippen LogP contribution in [0.2, 0.25) is 0 Å². The molecule has 1 amide bonds. The van der Waals surface area contributed by atoms with Gasteiger partial charge in [0.25, 0.3) is 5.91 Å². The Bertz CT molecular complexity index is 906. The number of benzene rings is 2. The standard InChI is InChI=1S/C20H21N5O/c1-14-6-4-7-15(12-14)16-8-5-11-25(13-16)20(26)18-10-3-2-9-17(18)19-21-23-24-22-19/h2-4,6-7,9-10,12,16H,5,8,11,13H2,1H3,(H,21,22,23,24)/t16-/m1/s1. The number of hydrogen-bond donors (Lipinski definition) is 1. The van der Waals surface area contributed by atoms with Crippen molar-refractivity contribution in [3.63, 3.8) is 0 Å². The Morgan fingerprint density at radius 3 is 2.88 bits per heavy atom. The van der Waals surface area contributed by atoms with Crippen LogP contribution in [0.25, 0.3) is 11.4 Å². The Morgan fingerprint density at radius 2 is 2.08 bits per heavy atom. The van der Waals surface area contributed by atoms with Crippen LogP contribution in [0, 0.1) is 6.92 Å². The Morgan fingerprint density at radius 1 is 1.19 bits per heavy atom. The third kappa shape index (κ3) is 3.22. The number of H-pyrrole nitrogens is 1. The van der Waals surface area contributed by atoms with E-state index in [1.54, 1.807) is 0 Å². The number of aromatic amines is 1. The molecule has 0 radical (unpaired) electrons. The number of nitrogens with one attached hydrogen (secondary N) is 1. The van der Waals surface area contributed by atoms with Crippen LogP contribution in [0.3, 0.4) is 0 Å². The molecule has 1 atom stereocenters. The Labute approximate surface area is 152 Å². The van der Waals surface area contributed by atoms with E-state index in [1.165, 1.54) is 11.1 Å². The number of piperidine rings is 1. The van der Waals surface area contributed by atoms with E-state index in [0.29, 0.717) is 22.9 Å². The topological polar surface area (TPSA) is 74.8 Å². The van der Waals surface area contributed by atoms with E-state index in [2.05, 4.69) is 51.8 Å². The predicted molar refractivity (Wildman–Crippen MR) is 98.7 cm³/mol. The van der Waals surface area contributed by atoms with Gasteiger partial charge in [-0.15, -0.1) is 10.2 Å². The van der Waals surface area contributed by atoms with E-state index in [0.717, 1.165) is 25.9 Å². The minimum absolute atomic E-state index is 0.0303. The second kappa shape index (κ2) is 7.07. The van der Waals surface area contributed by atoms with E-state index >= 15 is 0 Å². The number of amides is 1. The lowest BCUT2D eigenvalue weighted by Crippen LogP contribution is -2.39. The molecule has 0 spiro atoms. The first-order valence-corrected chi connectivity index (χ1v) is 8.91. The van der Waals surface area contributed by atoms with Gasteiger partial charge in [-0.3, -0.25) is 4.79 Å². The average molecular weight is 347 g/mol. The molecule has 1 fully saturated rings. The van der Waals surface area contributed by atoms with Crippen LogP contribution in [0.4, 0.5) is 0 Å². The quantitative estimate of drug-likeness (QED) is 0.789. The minimum Gasteiger partial charge on any atom is -0.338 e. The van der Waals surface area contributed by atoms with Crippen LogP contribution in [0.15, 0.2) is 48.5 Å². The van der Waals surface area contributed by atoms with Gasteiger partial charge < -0.3 is 4.90 Å². The van der Waals surface area contributed by atoms with Gasteiger partial charge in [-0.2, -0.15) is 5.21 Å². The lowest BCUT2D eigenvalue weighted by molar-refractivity contribution is 0.0708. The average Bonchev–Trinajstić information content (AvgIpc) is 3.22. The molecule has 4 rings (SSSR count). The van der Waals surface area contributed by atoms with Gasteiger partial charge in [0.15, 0.2) is 0 Å². The van der Waals surface area contributed by atoms with E-state index in [-0.39, 0.29) is 5.91 Å². The van der Waals surface area contributed by atoms with Crippen LogP contribution in [-0.4, -0.2) is 44.5 Å². The molecule has 6 heteroatoms. The molecule has 2 heterocycles. The molecule has 0 unspecified atom stereocenters. The highest BCUT2D eigenvalue weighted by Gasteiger charge is 2.27. The number of rotatable bonds is 3. The highest BCUT2D eigenvalue weighted by atomic mass is 16.2. The van der Waals surface area contributed by atoms with Crippen LogP contribution in [0.1, 0.15) is 40.2 Å². The van der Waals surface area contributed by atoms with Gasteiger partial charge >= 0.3 is 0 Å². The maximum absolute atomic E-state index is 13.2. The predicted octanol–water partition coefficient (Wildman–Crippen LogP) is 3.19. The van der Waals surface area contributed by atoms with E-state index in [1.807, 2.05) is 29.2 Å². The molecule has 26 heavy (non-hydrogen) atoms. The summed E-state index contributed by atoms with van der Waals surface area (Å²) in [7, 11) is 0. The van der Waals surface area contributed by atoms with Crippen molar-refractivity contribution in [3.05, 3.63) is 65.2 Å². The summed E-state index contributed by atoms with van der Waals surface area (Å²) in [4.78, 5) is 15.2. The third-order valence-electron chi connectivity index (χ3n) is 4.97. The number of carbonyl (C=O) groups excluding carboxylic acids is 1. The number of aromatic nitrogens is 4. The summed E-state index contributed by atoms with van der Waals surface area (Å²) in [5.74, 6) is 0.855. The van der Waals surface area contributed by atoms with Gasteiger partial charge in [-0.25, -0.2) is 0 Å². The van der Waals surface area contributed by atoms with Crippen molar-refractivity contribution in [1.82, 2.24) is 25.5 Å². The van der Waals surface area contributed by atoms with E-state index in [4.69, 9.17) is 0 Å². The molecule has 6 nitrogen and oxygen atoms in total. The molecule has 2 aromatic carbocycles. The van der Waals surface area contributed by atoms with Crippen molar-refractivity contribution in [2.24, 2.45) is 0 Å². The molecule has 1 aromatic heterocycles. The van der Waals surface area contributed by atoms with Crippen molar-refractivity contribution in [2.75, 3.05) is 13.1 Å². The van der Waals surface area contributed by atoms with Crippen LogP contribution >= 0.6 is 0 Å². The molecular weight excluding hydrogens is 326 g/mol. The van der Waals surface area contributed by atoms with Crippen LogP contribution in [0.5, 0.6) is 0 Å². The summed E-state index contributed by atoms with van der Waals surface area (Å²) < 4.78 is 0. The first kappa shape index (κ1) is 16.4. The van der Waals surface area contributed by atoms with Gasteiger partial charge in [0, 0.05) is 24.6 Å². The molecule has 0 aliphatic carbocycles. The zero-order valence-electron chi connectivity index (χ0n) is 14.7. The fourth-order valence-electron chi connectivity index (χ4n) is 3.67. The number of carbonyl (C=O) groups is 1. The molecule has 0 bridgehead atoms. The summed E-state index contributed by atoms with van der Waals surface area (Å²) >= 11 is 0. The third-order valence-corrected chi connectivity index (χ3v) is 4.97. The monoisotopic (exact) mass is 347 g/mol. The first-order valence-electron chi connectivity index (χ1n) is 8.91. The van der Waals surface area contributed by atoms with Gasteiger partial charge in [-0.05, 0) is 36.6 Å². The van der Waals surface area contributed by atoms with E-state index < -0.39 is 0 Å². The zero-order chi connectivity index (χ0) is 17.9. The fourth-order valence-corrected chi connectivity index (χ4v) is 3.67. The maximum Gasteiger partial charge on any atom is 0.254 e. The van der Waals surface area contributed by atoms with Crippen molar-refractivity contribution >= 4 is 5.91 Å². The Balaban J connectivity index is 1.59. The normalized spacial score (nSPS) is 17.3. The summed E-state index contributed by atoms with van der Waals surface area (Å²) in [6.45, 7) is 3.63. The summed E-state index contributed by atoms with van der Waals surface area (Å²) in [6.07, 6.45) is 2.12. The zero-order valence-corrected chi connectivity index (χ0v) is 14.7. The molecular formula is C20H21N5O. The lowest BCUT2D eigenvalue weighted by atomic mass is 9.89. The number of aryl methyl sites for hydroxylation is 1. The van der Waals surface area contributed by atoms with Crippen LogP contribution < -0.4 is 0 Å². The molecule has 132 valence electrons. The van der Waals surface area contributed by atoms with Crippen molar-refractivity contribution < 1.29 is 4.79 Å². The smallest absolute Gasteiger partial charge is 0.254 e. The number of nitrogens with zero attached hydrogens (tertiary/aromatic N) is 4. The molecule has 3 aromatic rings. The van der Waals surface area contributed by atoms with Crippen molar-refractivity contribution in [1.29, 1.82) is 0 Å². The van der Waals surface area contributed by atoms with Crippen molar-refractivity contribution in [2.45, 2.75) is 25.7 Å². The van der Waals surface area contributed by atoms with Crippen LogP contribution in [-0.2, 0) is 0 Å². The summed E-state index contributed by atoms with van der Waals surface area (Å²) in [5.41, 5.74) is 3.91. The maximum atomic E-state index is 13.2. The number of tetrazole rings is 1. The number of likely N-dealkylation sites (tertiary alicyclic amines) is 1. The molecule has 1 N–H and O–H groups in total. The van der Waals surface area contributed by atoms with Gasteiger partial charge in [0.05, 0.1) is 5.56 Å². The van der Waals surface area contributed by atoms with Gasteiger partial charge in [-0.1, -0.05) is 48.0 Å². The fraction of sp³-hybridized carbons (Fsp3) is 0.300. The highest BCUT2D eigenvalue weighted by Crippen LogP contribution is 2.29. The lowest BCUT2D eigenvalue weighted by Gasteiger charge is -2.33. The minimum atomic E-state index is 0.0303. The molecule has 1 saturated heterocycles. The summed E-state index contributed by atoms with van der Waals surface area (Å²) in [5, 5.41) is 14.1. The number of hydrogen-bond acceptors (Lipinski definition) is 4. The largest absolute Gasteiger partial charge is 0.338 e.